The van der Waals surface area contributed by atoms with Crippen LogP contribution in [-0.2, 0) is 23.6 Å². The molecule has 2 heterocycles. The number of carbonyl (C=O) groups excluding carboxylic acids is 2. The van der Waals surface area contributed by atoms with E-state index in [-0.39, 0.29) is 23.6 Å². The highest BCUT2D eigenvalue weighted by Crippen LogP contribution is 2.59. The van der Waals surface area contributed by atoms with E-state index >= 15 is 0 Å². The molecule has 0 spiro atoms. The second-order valence-corrected chi connectivity index (χ2v) is 9.18. The Balaban J connectivity index is 1.91. The smallest absolute Gasteiger partial charge is 0.372 e. The molecule has 1 aromatic rings. The van der Waals surface area contributed by atoms with Crippen molar-refractivity contribution in [1.82, 2.24) is 4.90 Å². The Hall–Kier alpha value is -2.57. The number of non-ortho nitro benzene ring substituents is 1. The molecule has 0 aliphatic carbocycles. The summed E-state index contributed by atoms with van der Waals surface area (Å²) in [6.45, 7) is 0.805. The van der Waals surface area contributed by atoms with Crippen molar-refractivity contribution in [2.24, 2.45) is 4.99 Å². The summed E-state index contributed by atoms with van der Waals surface area (Å²) in [5, 5.41) is 9.90. The lowest BCUT2D eigenvalue weighted by Crippen LogP contribution is -2.73. The van der Waals surface area contributed by atoms with E-state index in [4.69, 9.17) is 9.47 Å². The summed E-state index contributed by atoms with van der Waals surface area (Å²) in [7, 11) is -3.64. The number of rotatable bonds is 7. The summed E-state index contributed by atoms with van der Waals surface area (Å²) in [6, 6.07) is 5.44. The number of ether oxygens (including phenoxy) is 2. The van der Waals surface area contributed by atoms with Gasteiger partial charge in [-0.25, -0.2) is 4.99 Å². The molecule has 2 aliphatic heterocycles. The average molecular weight is 471 g/mol. The maximum absolute atomic E-state index is 13.0. The highest BCUT2D eigenvalue weighted by atomic mass is 32.2. The van der Waals surface area contributed by atoms with Crippen LogP contribution < -0.4 is 0 Å². The fourth-order valence-electron chi connectivity index (χ4n) is 3.16. The van der Waals surface area contributed by atoms with Crippen molar-refractivity contribution in [2.45, 2.75) is 18.0 Å². The second-order valence-electron chi connectivity index (χ2n) is 6.60. The number of hydrogen-bond donors (Lipinski definition) is 2. The van der Waals surface area contributed by atoms with Crippen molar-refractivity contribution in [3.05, 3.63) is 51.0 Å². The minimum atomic E-state index is -4.89. The summed E-state index contributed by atoms with van der Waals surface area (Å²) in [4.78, 5) is 59.0. The molecule has 2 atom stereocenters. The van der Waals surface area contributed by atoms with E-state index < -0.39 is 40.9 Å². The summed E-state index contributed by atoms with van der Waals surface area (Å²) in [6.07, 6.45) is 1.30. The van der Waals surface area contributed by atoms with E-state index in [9.17, 15) is 34.1 Å². The first-order chi connectivity index (χ1) is 14.5. The van der Waals surface area contributed by atoms with Crippen molar-refractivity contribution < 1.29 is 38.3 Å². The van der Waals surface area contributed by atoms with Gasteiger partial charge in [0.25, 0.3) is 17.3 Å². The van der Waals surface area contributed by atoms with Gasteiger partial charge in [-0.3, -0.25) is 29.2 Å². The average Bonchev–Trinajstić information content (AvgIpc) is 2.71. The summed E-state index contributed by atoms with van der Waals surface area (Å²) in [5.41, 5.74) is -1.75. The van der Waals surface area contributed by atoms with Gasteiger partial charge >= 0.3 is 13.6 Å². The van der Waals surface area contributed by atoms with Crippen molar-refractivity contribution in [2.75, 3.05) is 19.5 Å². The molecule has 0 unspecified atom stereocenters. The molecule has 0 radical (unpaired) electrons. The molecule has 0 saturated carbocycles. The maximum atomic E-state index is 13.0. The second kappa shape index (κ2) is 8.52. The standard InChI is InChI=1S/C17H18N3O9PS/c1-10(21)29-8-12-9-31-16-17(28-2,15(22)19(16)14(12)30(25,26)27)18-7-11-3-5-13(6-4-11)20(23)24/h3-7,16H,8-9H2,1-2H3,(H2,25,26,27)/b18-7+/t16-,17+/m1/s1. The third-order valence-corrected chi connectivity index (χ3v) is 7.05. The highest BCUT2D eigenvalue weighted by molar-refractivity contribution is 8.00. The Morgan fingerprint density at radius 1 is 1.45 bits per heavy atom. The fraction of sp³-hybridized carbons (Fsp3) is 0.353. The van der Waals surface area contributed by atoms with Crippen LogP contribution in [0.3, 0.4) is 0 Å². The number of nitro benzene ring substituents is 1. The third kappa shape index (κ3) is 4.27. The molecule has 166 valence electrons. The van der Waals surface area contributed by atoms with Crippen molar-refractivity contribution in [1.29, 1.82) is 0 Å². The number of hydrogen-bond acceptors (Lipinski definition) is 9. The SMILES string of the molecule is CO[C@@]1(/N=C/c2ccc([N+](=O)[O-])cc2)C(=O)N2C(P(=O)(O)O)=C(COC(C)=O)CS[C@@H]21. The predicted molar refractivity (Wildman–Crippen MR) is 109 cm³/mol. The number of carbonyl (C=O) groups is 2. The molecule has 0 bridgehead atoms. The number of benzene rings is 1. The molecule has 14 heteroatoms. The van der Waals surface area contributed by atoms with E-state index in [0.717, 1.165) is 23.6 Å². The number of methoxy groups -OCH3 is 1. The van der Waals surface area contributed by atoms with Gasteiger partial charge < -0.3 is 19.3 Å². The van der Waals surface area contributed by atoms with Gasteiger partial charge in [0.2, 0.25) is 0 Å². The first-order valence-corrected chi connectivity index (χ1v) is 11.4. The fourth-order valence-corrected chi connectivity index (χ4v) is 5.80. The molecular weight excluding hydrogens is 453 g/mol. The Morgan fingerprint density at radius 3 is 2.61 bits per heavy atom. The van der Waals surface area contributed by atoms with Crippen LogP contribution in [0.5, 0.6) is 0 Å². The van der Waals surface area contributed by atoms with Crippen LogP contribution in [0, 0.1) is 10.1 Å². The van der Waals surface area contributed by atoms with Crippen LogP contribution in [0.4, 0.5) is 5.69 Å². The van der Waals surface area contributed by atoms with E-state index in [2.05, 4.69) is 4.99 Å². The molecule has 1 saturated heterocycles. The minimum absolute atomic E-state index is 0.0837. The van der Waals surface area contributed by atoms with Crippen LogP contribution in [0.25, 0.3) is 0 Å². The van der Waals surface area contributed by atoms with Crippen molar-refractivity contribution >= 4 is 43.1 Å². The van der Waals surface area contributed by atoms with Gasteiger partial charge in [0.15, 0.2) is 0 Å². The van der Waals surface area contributed by atoms with Gasteiger partial charge in [-0.2, -0.15) is 0 Å². The number of nitrogens with zero attached hydrogens (tertiary/aromatic N) is 3. The topological polar surface area (TPSA) is 169 Å². The quantitative estimate of drug-likeness (QED) is 0.147. The molecule has 1 amide bonds. The van der Waals surface area contributed by atoms with Gasteiger partial charge in [0.05, 0.1) is 4.92 Å². The molecular formula is C17H18N3O9PS. The van der Waals surface area contributed by atoms with E-state index in [1.807, 2.05) is 0 Å². The lowest BCUT2D eigenvalue weighted by molar-refractivity contribution is -0.384. The molecule has 12 nitrogen and oxygen atoms in total. The van der Waals surface area contributed by atoms with Gasteiger partial charge in [-0.15, -0.1) is 11.8 Å². The lowest BCUT2D eigenvalue weighted by atomic mass is 10.0. The Morgan fingerprint density at radius 2 is 2.10 bits per heavy atom. The summed E-state index contributed by atoms with van der Waals surface area (Å²) >= 11 is 1.15. The Bertz CT molecular complexity index is 1040. The van der Waals surface area contributed by atoms with Crippen LogP contribution in [0.15, 0.2) is 40.3 Å². The molecule has 2 aliphatic rings. The van der Waals surface area contributed by atoms with Crippen LogP contribution in [0.1, 0.15) is 12.5 Å². The number of amides is 1. The molecule has 2 N–H and O–H groups in total. The third-order valence-electron chi connectivity index (χ3n) is 4.60. The van der Waals surface area contributed by atoms with Crippen LogP contribution in [-0.4, -0.2) is 68.3 Å². The number of thioether (sulfide) groups is 1. The Labute approximate surface area is 180 Å². The Kier molecular flexibility index (Phi) is 6.35. The monoisotopic (exact) mass is 471 g/mol. The molecule has 1 aromatic carbocycles. The number of esters is 1. The molecule has 3 rings (SSSR count). The molecule has 0 aromatic heterocycles. The van der Waals surface area contributed by atoms with Gasteiger partial charge in [-0.1, -0.05) is 0 Å². The van der Waals surface area contributed by atoms with Crippen molar-refractivity contribution in [3.63, 3.8) is 0 Å². The first-order valence-electron chi connectivity index (χ1n) is 8.73. The van der Waals surface area contributed by atoms with Crippen LogP contribution in [0.2, 0.25) is 0 Å². The first kappa shape index (κ1) is 23.1. The van der Waals surface area contributed by atoms with Gasteiger partial charge in [0, 0.05) is 43.7 Å². The largest absolute Gasteiger partial charge is 0.461 e. The van der Waals surface area contributed by atoms with E-state index in [1.165, 1.54) is 37.6 Å². The zero-order valence-electron chi connectivity index (χ0n) is 16.3. The predicted octanol–water partition coefficient (Wildman–Crippen LogP) is 1.22. The van der Waals surface area contributed by atoms with E-state index in [0.29, 0.717) is 5.56 Å². The van der Waals surface area contributed by atoms with Gasteiger partial charge in [0.1, 0.15) is 17.4 Å². The normalized spacial score (nSPS) is 23.5. The summed E-state index contributed by atoms with van der Waals surface area (Å²) < 4.78 is 22.3. The highest BCUT2D eigenvalue weighted by Gasteiger charge is 2.67. The van der Waals surface area contributed by atoms with E-state index in [1.54, 1.807) is 0 Å². The number of aliphatic imine (C=N–C) groups is 1. The van der Waals surface area contributed by atoms with Crippen LogP contribution >= 0.6 is 19.4 Å². The molecule has 1 fully saturated rings. The zero-order chi connectivity index (χ0) is 23.0. The number of nitro groups is 1. The van der Waals surface area contributed by atoms with Crippen molar-refractivity contribution in [3.8, 4) is 0 Å². The zero-order valence-corrected chi connectivity index (χ0v) is 18.0. The lowest BCUT2D eigenvalue weighted by Gasteiger charge is -2.54. The minimum Gasteiger partial charge on any atom is -0.461 e. The number of β-lactam (4-membered cyclic amide) rings is 1. The molecule has 31 heavy (non-hydrogen) atoms. The summed E-state index contributed by atoms with van der Waals surface area (Å²) in [5.74, 6) is -1.33. The maximum Gasteiger partial charge on any atom is 0.372 e. The number of fused-ring (bicyclic) bond motifs is 1. The van der Waals surface area contributed by atoms with Gasteiger partial charge in [-0.05, 0) is 17.7 Å².